The Hall–Kier alpha value is -3.02. The summed E-state index contributed by atoms with van der Waals surface area (Å²) in [4.78, 5) is 17.1. The Morgan fingerprint density at radius 3 is 2.67 bits per heavy atom. The van der Waals surface area contributed by atoms with Crippen LogP contribution in [0.3, 0.4) is 0 Å². The van der Waals surface area contributed by atoms with Crippen LogP contribution in [0.1, 0.15) is 18.4 Å². The second-order valence-corrected chi connectivity index (χ2v) is 7.62. The van der Waals surface area contributed by atoms with E-state index >= 15 is 0 Å². The quantitative estimate of drug-likeness (QED) is 0.391. The van der Waals surface area contributed by atoms with Gasteiger partial charge in [-0.1, -0.05) is 53.5 Å². The normalized spacial score (nSPS) is 12.0. The Morgan fingerprint density at radius 2 is 1.90 bits per heavy atom. The van der Waals surface area contributed by atoms with Crippen molar-refractivity contribution in [3.63, 3.8) is 0 Å². The molecule has 5 nitrogen and oxygen atoms in total. The van der Waals surface area contributed by atoms with E-state index in [9.17, 15) is 4.79 Å². The van der Waals surface area contributed by atoms with Crippen molar-refractivity contribution in [3.05, 3.63) is 88.2 Å². The fraction of sp³-hybridized carbons (Fsp3) is 0.130. The number of halogens is 2. The summed E-state index contributed by atoms with van der Waals surface area (Å²) in [5.41, 5.74) is 3.05. The van der Waals surface area contributed by atoms with E-state index in [1.807, 2.05) is 30.3 Å². The van der Waals surface area contributed by atoms with Crippen LogP contribution in [0.5, 0.6) is 5.75 Å². The Kier molecular flexibility index (Phi) is 5.93. The molecule has 4 aromatic rings. The van der Waals surface area contributed by atoms with Crippen LogP contribution in [0, 0.1) is 0 Å². The van der Waals surface area contributed by atoms with Gasteiger partial charge in [-0.25, -0.2) is 4.98 Å². The van der Waals surface area contributed by atoms with Gasteiger partial charge in [-0.15, -0.1) is 0 Å². The molecule has 0 aliphatic rings. The molecule has 7 heteroatoms. The van der Waals surface area contributed by atoms with Crippen molar-refractivity contribution in [2.45, 2.75) is 19.4 Å². The number of hydrogen-bond donors (Lipinski definition) is 1. The van der Waals surface area contributed by atoms with Crippen molar-refractivity contribution in [2.24, 2.45) is 0 Å². The number of oxazole rings is 1. The van der Waals surface area contributed by atoms with Gasteiger partial charge in [0.05, 0.1) is 5.02 Å². The lowest BCUT2D eigenvalue weighted by Gasteiger charge is -2.15. The van der Waals surface area contributed by atoms with Gasteiger partial charge in [0.15, 0.2) is 17.6 Å². The number of hydrogen-bond acceptors (Lipinski definition) is 4. The third-order valence-corrected chi connectivity index (χ3v) is 4.99. The van der Waals surface area contributed by atoms with E-state index in [2.05, 4.69) is 10.3 Å². The number of benzene rings is 3. The van der Waals surface area contributed by atoms with E-state index in [4.69, 9.17) is 32.4 Å². The maximum Gasteiger partial charge on any atom is 0.265 e. The average Bonchev–Trinajstić information content (AvgIpc) is 3.12. The molecule has 1 atom stereocenters. The molecule has 1 aromatic heterocycles. The molecule has 0 bridgehead atoms. The Balaban J connectivity index is 1.44. The van der Waals surface area contributed by atoms with Crippen molar-refractivity contribution in [3.8, 4) is 5.75 Å². The molecule has 0 saturated heterocycles. The van der Waals surface area contributed by atoms with Gasteiger partial charge in [0.25, 0.3) is 5.91 Å². The van der Waals surface area contributed by atoms with E-state index in [0.717, 1.165) is 5.56 Å². The minimum atomic E-state index is -0.759. The lowest BCUT2D eigenvalue weighted by molar-refractivity contribution is -0.122. The van der Waals surface area contributed by atoms with E-state index in [-0.39, 0.29) is 5.91 Å². The summed E-state index contributed by atoms with van der Waals surface area (Å²) in [6, 6.07) is 20.1. The molecule has 1 N–H and O–H groups in total. The molecule has 0 fully saturated rings. The van der Waals surface area contributed by atoms with Gasteiger partial charge >= 0.3 is 0 Å². The van der Waals surface area contributed by atoms with Crippen molar-refractivity contribution in [1.29, 1.82) is 0 Å². The minimum absolute atomic E-state index is 0.312. The molecular weight excluding hydrogens is 423 g/mol. The molecule has 4 rings (SSSR count). The number of aromatic nitrogens is 1. The molecule has 1 amide bonds. The van der Waals surface area contributed by atoms with Gasteiger partial charge in [0, 0.05) is 17.1 Å². The number of carbonyl (C=O) groups excluding carboxylic acids is 1. The van der Waals surface area contributed by atoms with Gasteiger partial charge in [-0.3, -0.25) is 4.79 Å². The van der Waals surface area contributed by atoms with Crippen LogP contribution in [-0.2, 0) is 11.2 Å². The van der Waals surface area contributed by atoms with E-state index in [1.54, 1.807) is 43.3 Å². The van der Waals surface area contributed by atoms with Gasteiger partial charge < -0.3 is 14.5 Å². The predicted molar refractivity (Wildman–Crippen MR) is 118 cm³/mol. The summed E-state index contributed by atoms with van der Waals surface area (Å²) in [7, 11) is 0. The first-order valence-corrected chi connectivity index (χ1v) is 10.1. The van der Waals surface area contributed by atoms with E-state index in [1.165, 1.54) is 0 Å². The van der Waals surface area contributed by atoms with E-state index in [0.29, 0.717) is 44.9 Å². The summed E-state index contributed by atoms with van der Waals surface area (Å²) < 4.78 is 11.5. The van der Waals surface area contributed by atoms with Crippen LogP contribution in [-0.4, -0.2) is 17.0 Å². The largest absolute Gasteiger partial charge is 0.479 e. The third-order valence-electron chi connectivity index (χ3n) is 4.46. The SMILES string of the molecule is CC(Oc1ccc(Cl)cc1Cl)C(=O)Nc1ccc2oc(Cc3ccccc3)nc2c1. The highest BCUT2D eigenvalue weighted by Crippen LogP contribution is 2.28. The Labute approximate surface area is 183 Å². The summed E-state index contributed by atoms with van der Waals surface area (Å²) in [6.07, 6.45) is -0.158. The molecule has 30 heavy (non-hydrogen) atoms. The highest BCUT2D eigenvalue weighted by atomic mass is 35.5. The third kappa shape index (κ3) is 4.75. The molecular formula is C23H18Cl2N2O3. The number of nitrogens with zero attached hydrogens (tertiary/aromatic N) is 1. The number of fused-ring (bicyclic) bond motifs is 1. The number of ether oxygens (including phenoxy) is 1. The van der Waals surface area contributed by atoms with Gasteiger partial charge in [0.1, 0.15) is 11.3 Å². The zero-order valence-corrected chi connectivity index (χ0v) is 17.6. The number of anilines is 1. The molecule has 1 unspecified atom stereocenters. The van der Waals surface area contributed by atoms with Crippen LogP contribution < -0.4 is 10.1 Å². The number of rotatable bonds is 6. The monoisotopic (exact) mass is 440 g/mol. The van der Waals surface area contributed by atoms with Crippen LogP contribution in [0.2, 0.25) is 10.0 Å². The summed E-state index contributed by atoms with van der Waals surface area (Å²) >= 11 is 12.0. The van der Waals surface area contributed by atoms with Crippen molar-refractivity contribution in [1.82, 2.24) is 4.98 Å². The lowest BCUT2D eigenvalue weighted by Crippen LogP contribution is -2.30. The maximum atomic E-state index is 12.5. The molecule has 0 aliphatic heterocycles. The second kappa shape index (κ2) is 8.78. The first-order chi connectivity index (χ1) is 14.5. The van der Waals surface area contributed by atoms with Crippen molar-refractivity contribution < 1.29 is 13.9 Å². The molecule has 0 radical (unpaired) electrons. The van der Waals surface area contributed by atoms with Crippen LogP contribution >= 0.6 is 23.2 Å². The Morgan fingerprint density at radius 1 is 1.10 bits per heavy atom. The molecule has 0 saturated carbocycles. The zero-order valence-electron chi connectivity index (χ0n) is 16.1. The van der Waals surface area contributed by atoms with Gasteiger partial charge in [-0.05, 0) is 48.9 Å². The molecule has 1 heterocycles. The zero-order chi connectivity index (χ0) is 21.1. The molecule has 0 spiro atoms. The van der Waals surface area contributed by atoms with Crippen LogP contribution in [0.25, 0.3) is 11.1 Å². The second-order valence-electron chi connectivity index (χ2n) is 6.78. The average molecular weight is 441 g/mol. The number of nitrogens with one attached hydrogen (secondary N) is 1. The van der Waals surface area contributed by atoms with Crippen LogP contribution in [0.4, 0.5) is 5.69 Å². The van der Waals surface area contributed by atoms with Crippen LogP contribution in [0.15, 0.2) is 71.1 Å². The lowest BCUT2D eigenvalue weighted by atomic mass is 10.1. The van der Waals surface area contributed by atoms with Crippen molar-refractivity contribution >= 4 is 45.9 Å². The summed E-state index contributed by atoms with van der Waals surface area (Å²) in [5.74, 6) is 0.698. The highest BCUT2D eigenvalue weighted by Gasteiger charge is 2.17. The van der Waals surface area contributed by atoms with E-state index < -0.39 is 6.10 Å². The fourth-order valence-corrected chi connectivity index (χ4v) is 3.41. The predicted octanol–water partition coefficient (Wildman–Crippen LogP) is 6.13. The minimum Gasteiger partial charge on any atom is -0.479 e. The summed E-state index contributed by atoms with van der Waals surface area (Å²) in [5, 5.41) is 3.67. The highest BCUT2D eigenvalue weighted by molar-refractivity contribution is 6.35. The molecule has 0 aliphatic carbocycles. The first kappa shape index (κ1) is 20.3. The molecule has 152 valence electrons. The smallest absolute Gasteiger partial charge is 0.265 e. The van der Waals surface area contributed by atoms with Gasteiger partial charge in [-0.2, -0.15) is 0 Å². The molecule has 3 aromatic carbocycles. The topological polar surface area (TPSA) is 64.4 Å². The number of amides is 1. The first-order valence-electron chi connectivity index (χ1n) is 9.34. The van der Waals surface area contributed by atoms with Crippen molar-refractivity contribution in [2.75, 3.05) is 5.32 Å². The summed E-state index contributed by atoms with van der Waals surface area (Å²) in [6.45, 7) is 1.65. The maximum absolute atomic E-state index is 12.5. The standard InChI is InChI=1S/C23H18Cl2N2O3/c1-14(29-20-9-7-16(24)12-18(20)25)23(28)26-17-8-10-21-19(13-17)27-22(30-21)11-15-5-3-2-4-6-15/h2-10,12-14H,11H2,1H3,(H,26,28). The van der Waals surface area contributed by atoms with Gasteiger partial charge in [0.2, 0.25) is 0 Å². The Bertz CT molecular complexity index is 1190. The fourth-order valence-electron chi connectivity index (χ4n) is 2.96. The number of carbonyl (C=O) groups is 1.